The van der Waals surface area contributed by atoms with Gasteiger partial charge in [-0.05, 0) is 73.0 Å². The fourth-order valence-electron chi connectivity index (χ4n) is 3.36. The third kappa shape index (κ3) is 6.23. The molecule has 0 unspecified atom stereocenters. The van der Waals surface area contributed by atoms with Gasteiger partial charge in [0.2, 0.25) is 10.0 Å². The van der Waals surface area contributed by atoms with Crippen LogP contribution in [0.4, 0.5) is 10.1 Å². The van der Waals surface area contributed by atoms with E-state index in [2.05, 4.69) is 15.4 Å². The molecule has 1 fully saturated rings. The van der Waals surface area contributed by atoms with E-state index in [9.17, 15) is 22.4 Å². The third-order valence-corrected chi connectivity index (χ3v) is 6.90. The van der Waals surface area contributed by atoms with Crippen molar-refractivity contribution in [3.8, 4) is 5.75 Å². The van der Waals surface area contributed by atoms with Crippen molar-refractivity contribution in [1.29, 1.82) is 0 Å². The molecule has 0 bridgehead atoms. The van der Waals surface area contributed by atoms with Crippen LogP contribution in [-0.4, -0.2) is 33.4 Å². The predicted molar refractivity (Wildman–Crippen MR) is 128 cm³/mol. The Bertz CT molecular complexity index is 1360. The lowest BCUT2D eigenvalue weighted by molar-refractivity contribution is 0.0949. The number of anilines is 1. The second-order valence-corrected chi connectivity index (χ2v) is 9.79. The van der Waals surface area contributed by atoms with Crippen molar-refractivity contribution < 1.29 is 27.1 Å². The first-order chi connectivity index (χ1) is 16.7. The van der Waals surface area contributed by atoms with Crippen LogP contribution in [0.3, 0.4) is 0 Å². The van der Waals surface area contributed by atoms with Crippen molar-refractivity contribution in [2.75, 3.05) is 12.4 Å². The normalized spacial score (nSPS) is 13.2. The smallest absolute Gasteiger partial charge is 0.255 e. The van der Waals surface area contributed by atoms with E-state index in [-0.39, 0.29) is 28.8 Å². The molecule has 0 radical (unpaired) electrons. The van der Waals surface area contributed by atoms with Crippen molar-refractivity contribution in [3.05, 3.63) is 89.2 Å². The Labute approximate surface area is 202 Å². The number of sulfonamides is 1. The average Bonchev–Trinajstić information content (AvgIpc) is 3.66. The maximum absolute atomic E-state index is 13.1. The number of methoxy groups -OCH3 is 1. The summed E-state index contributed by atoms with van der Waals surface area (Å²) in [6.07, 6.45) is 1.57. The molecule has 3 aromatic rings. The van der Waals surface area contributed by atoms with Crippen LogP contribution in [0.25, 0.3) is 0 Å². The summed E-state index contributed by atoms with van der Waals surface area (Å²) < 4.78 is 46.2. The molecule has 182 valence electrons. The monoisotopic (exact) mass is 497 g/mol. The van der Waals surface area contributed by atoms with E-state index >= 15 is 0 Å². The molecule has 1 saturated carbocycles. The number of carbonyl (C=O) groups is 2. The number of amides is 2. The fourth-order valence-corrected chi connectivity index (χ4v) is 4.86. The Morgan fingerprint density at radius 3 is 2.37 bits per heavy atom. The molecule has 35 heavy (non-hydrogen) atoms. The topological polar surface area (TPSA) is 114 Å². The standard InChI is InChI=1S/C25H24FN3O5S/c1-34-22-12-7-18(14-23(22)35(32,33)29-20-10-11-20)24(30)27-15-16-3-2-4-21(13-16)28-25(31)17-5-8-19(26)9-6-17/h2-9,12-14,20,29H,10-11,15H2,1H3,(H,27,30)(H,28,31). The van der Waals surface area contributed by atoms with Crippen LogP contribution in [0, 0.1) is 5.82 Å². The van der Waals surface area contributed by atoms with Crippen LogP contribution >= 0.6 is 0 Å². The molecule has 0 saturated heterocycles. The highest BCUT2D eigenvalue weighted by Gasteiger charge is 2.30. The van der Waals surface area contributed by atoms with E-state index in [1.165, 1.54) is 49.6 Å². The number of rotatable bonds is 9. The van der Waals surface area contributed by atoms with Gasteiger partial charge in [0.25, 0.3) is 11.8 Å². The lowest BCUT2D eigenvalue weighted by atomic mass is 10.1. The highest BCUT2D eigenvalue weighted by atomic mass is 32.2. The number of halogens is 1. The highest BCUT2D eigenvalue weighted by Crippen LogP contribution is 2.28. The predicted octanol–water partition coefficient (Wildman–Crippen LogP) is 3.46. The number of hydrogen-bond donors (Lipinski definition) is 3. The summed E-state index contributed by atoms with van der Waals surface area (Å²) in [5.41, 5.74) is 1.70. The van der Waals surface area contributed by atoms with Crippen molar-refractivity contribution in [3.63, 3.8) is 0 Å². The molecule has 0 atom stereocenters. The maximum atomic E-state index is 13.1. The van der Waals surface area contributed by atoms with Crippen LogP contribution in [0.1, 0.15) is 39.1 Å². The van der Waals surface area contributed by atoms with E-state index < -0.39 is 27.7 Å². The zero-order chi connectivity index (χ0) is 25.0. The minimum absolute atomic E-state index is 0.0852. The molecule has 8 nitrogen and oxygen atoms in total. The highest BCUT2D eigenvalue weighted by molar-refractivity contribution is 7.89. The molecule has 1 aliphatic carbocycles. The first-order valence-electron chi connectivity index (χ1n) is 10.9. The molecule has 0 heterocycles. The Kier molecular flexibility index (Phi) is 7.13. The number of ether oxygens (including phenoxy) is 1. The zero-order valence-corrected chi connectivity index (χ0v) is 19.7. The van der Waals surface area contributed by atoms with Gasteiger partial charge >= 0.3 is 0 Å². The first kappa shape index (κ1) is 24.4. The quantitative estimate of drug-likeness (QED) is 0.419. The van der Waals surface area contributed by atoms with E-state index in [1.807, 2.05) is 0 Å². The Hall–Kier alpha value is -3.76. The number of hydrogen-bond acceptors (Lipinski definition) is 5. The largest absolute Gasteiger partial charge is 0.495 e. The van der Waals surface area contributed by atoms with Crippen LogP contribution in [-0.2, 0) is 16.6 Å². The summed E-state index contributed by atoms with van der Waals surface area (Å²) in [4.78, 5) is 25.0. The molecule has 0 aliphatic heterocycles. The van der Waals surface area contributed by atoms with E-state index in [1.54, 1.807) is 24.3 Å². The second kappa shape index (κ2) is 10.2. The van der Waals surface area contributed by atoms with Crippen molar-refractivity contribution >= 4 is 27.5 Å². The lowest BCUT2D eigenvalue weighted by Gasteiger charge is -2.13. The molecule has 3 N–H and O–H groups in total. The molecule has 10 heteroatoms. The van der Waals surface area contributed by atoms with Gasteiger partial charge in [0, 0.05) is 29.4 Å². The SMILES string of the molecule is COc1ccc(C(=O)NCc2cccc(NC(=O)c3ccc(F)cc3)c2)cc1S(=O)(=O)NC1CC1. The van der Waals surface area contributed by atoms with Gasteiger partial charge in [0.15, 0.2) is 0 Å². The zero-order valence-electron chi connectivity index (χ0n) is 18.9. The molecule has 4 rings (SSSR count). The Morgan fingerprint density at radius 1 is 0.971 bits per heavy atom. The van der Waals surface area contributed by atoms with Gasteiger partial charge in [0.1, 0.15) is 16.5 Å². The van der Waals surface area contributed by atoms with E-state index in [0.29, 0.717) is 16.8 Å². The summed E-state index contributed by atoms with van der Waals surface area (Å²) in [7, 11) is -2.45. The third-order valence-electron chi connectivity index (χ3n) is 5.36. The molecule has 2 amide bonds. The van der Waals surface area contributed by atoms with Gasteiger partial charge in [-0.2, -0.15) is 0 Å². The number of nitrogens with one attached hydrogen (secondary N) is 3. The van der Waals surface area contributed by atoms with Crippen LogP contribution in [0.2, 0.25) is 0 Å². The minimum Gasteiger partial charge on any atom is -0.495 e. The van der Waals surface area contributed by atoms with E-state index in [4.69, 9.17) is 4.74 Å². The Morgan fingerprint density at radius 2 is 1.69 bits per heavy atom. The van der Waals surface area contributed by atoms with Crippen LogP contribution in [0.5, 0.6) is 5.75 Å². The first-order valence-corrected chi connectivity index (χ1v) is 12.4. The molecule has 3 aromatic carbocycles. The van der Waals surface area contributed by atoms with E-state index in [0.717, 1.165) is 12.8 Å². The van der Waals surface area contributed by atoms with Gasteiger partial charge < -0.3 is 15.4 Å². The Balaban J connectivity index is 1.42. The second-order valence-electron chi connectivity index (χ2n) is 8.11. The summed E-state index contributed by atoms with van der Waals surface area (Å²) in [6.45, 7) is 0.146. The van der Waals surface area contributed by atoms with Gasteiger partial charge in [-0.3, -0.25) is 9.59 Å². The molecular formula is C25H24FN3O5S. The van der Waals surface area contributed by atoms with Gasteiger partial charge in [-0.25, -0.2) is 17.5 Å². The van der Waals surface area contributed by atoms with Gasteiger partial charge in [-0.15, -0.1) is 0 Å². The number of carbonyl (C=O) groups excluding carboxylic acids is 2. The molecule has 0 aromatic heterocycles. The summed E-state index contributed by atoms with van der Waals surface area (Å²) in [5, 5.41) is 5.49. The summed E-state index contributed by atoms with van der Waals surface area (Å²) >= 11 is 0. The summed E-state index contributed by atoms with van der Waals surface area (Å²) in [5.74, 6) is -1.13. The number of benzene rings is 3. The lowest BCUT2D eigenvalue weighted by Crippen LogP contribution is -2.27. The fraction of sp³-hybridized carbons (Fsp3) is 0.200. The maximum Gasteiger partial charge on any atom is 0.255 e. The van der Waals surface area contributed by atoms with Gasteiger partial charge in [-0.1, -0.05) is 12.1 Å². The van der Waals surface area contributed by atoms with Crippen LogP contribution in [0.15, 0.2) is 71.6 Å². The molecular weight excluding hydrogens is 473 g/mol. The van der Waals surface area contributed by atoms with Gasteiger partial charge in [0.05, 0.1) is 7.11 Å². The average molecular weight is 498 g/mol. The van der Waals surface area contributed by atoms with Crippen molar-refractivity contribution in [1.82, 2.24) is 10.0 Å². The minimum atomic E-state index is -3.82. The van der Waals surface area contributed by atoms with Crippen molar-refractivity contribution in [2.24, 2.45) is 0 Å². The van der Waals surface area contributed by atoms with Crippen molar-refractivity contribution in [2.45, 2.75) is 30.3 Å². The molecule has 1 aliphatic rings. The molecule has 0 spiro atoms. The van der Waals surface area contributed by atoms with Crippen LogP contribution < -0.4 is 20.1 Å². The summed E-state index contributed by atoms with van der Waals surface area (Å²) in [6, 6.07) is 16.2.